The van der Waals surface area contributed by atoms with E-state index in [1.807, 2.05) is 6.92 Å². The van der Waals surface area contributed by atoms with Gasteiger partial charge in [0.25, 0.3) is 0 Å². The minimum atomic E-state index is -0.662. The van der Waals surface area contributed by atoms with E-state index in [-0.39, 0.29) is 35.1 Å². The van der Waals surface area contributed by atoms with Crippen molar-refractivity contribution >= 4 is 5.97 Å². The Morgan fingerprint density at radius 3 is 2.56 bits per heavy atom. The number of ether oxygens (including phenoxy) is 3. The topological polar surface area (TPSA) is 71.6 Å². The molecule has 3 saturated heterocycles. The van der Waals surface area contributed by atoms with Gasteiger partial charge in [-0.25, -0.2) is 4.79 Å². The fraction of sp³-hybridized carbons (Fsp3) is 0.850. The Bertz CT molecular complexity index is 589. The molecular formula is C20H30O5. The van der Waals surface area contributed by atoms with Gasteiger partial charge in [0, 0.05) is 11.5 Å². The highest BCUT2D eigenvalue weighted by Crippen LogP contribution is 2.51. The number of aliphatic hydroxyl groups excluding tert-OH is 1. The Balaban J connectivity index is 1.53. The lowest BCUT2D eigenvalue weighted by atomic mass is 9.81. The van der Waals surface area contributed by atoms with Crippen molar-refractivity contribution in [1.82, 2.24) is 0 Å². The van der Waals surface area contributed by atoms with Crippen molar-refractivity contribution in [3.8, 4) is 0 Å². The van der Waals surface area contributed by atoms with Crippen molar-refractivity contribution in [2.24, 2.45) is 11.8 Å². The molecule has 1 saturated carbocycles. The number of rotatable bonds is 0. The van der Waals surface area contributed by atoms with Crippen LogP contribution in [0, 0.1) is 11.8 Å². The Morgan fingerprint density at radius 2 is 1.80 bits per heavy atom. The minimum Gasteiger partial charge on any atom is -0.456 e. The molecule has 0 amide bonds. The second-order valence-electron chi connectivity index (χ2n) is 8.97. The van der Waals surface area contributed by atoms with Crippen LogP contribution in [0.1, 0.15) is 59.3 Å². The summed E-state index contributed by atoms with van der Waals surface area (Å²) in [6.07, 6.45) is 4.87. The normalized spacial score (nSPS) is 53.1. The van der Waals surface area contributed by atoms with Gasteiger partial charge in [0.2, 0.25) is 0 Å². The summed E-state index contributed by atoms with van der Waals surface area (Å²) in [5, 5.41) is 10.8. The molecule has 0 bridgehead atoms. The van der Waals surface area contributed by atoms with Gasteiger partial charge in [-0.1, -0.05) is 19.9 Å². The smallest absolute Gasteiger partial charge is 0.334 e. The molecule has 1 aliphatic carbocycles. The lowest BCUT2D eigenvalue weighted by Crippen LogP contribution is -2.37. The van der Waals surface area contributed by atoms with Crippen molar-refractivity contribution < 1.29 is 24.1 Å². The standard InChI is InChI=1S/C20H30O5/c1-11-6-5-8-19(3)14(24-19)7-9-20(4)15(25-20)10-13-12(2)18(22)23-17(13)16(11)21/h11,13-17,21H,2,5-10H2,1,3-4H3/t11-,13+,14+,15-,16+,17-,19+,20-/m1/s1. The van der Waals surface area contributed by atoms with Crippen molar-refractivity contribution in [1.29, 1.82) is 0 Å². The molecule has 0 aromatic rings. The first kappa shape index (κ1) is 17.5. The number of carbonyl (C=O) groups is 1. The zero-order valence-electron chi connectivity index (χ0n) is 15.5. The van der Waals surface area contributed by atoms with Crippen LogP contribution in [0.4, 0.5) is 0 Å². The number of fused-ring (bicyclic) bond motifs is 3. The summed E-state index contributed by atoms with van der Waals surface area (Å²) in [7, 11) is 0. The number of carbonyl (C=O) groups excluding carboxylic acids is 1. The maximum atomic E-state index is 12.0. The minimum absolute atomic E-state index is 0.00776. The van der Waals surface area contributed by atoms with Gasteiger partial charge in [0.1, 0.15) is 6.10 Å². The summed E-state index contributed by atoms with van der Waals surface area (Å²) < 4.78 is 17.4. The lowest BCUT2D eigenvalue weighted by molar-refractivity contribution is -0.146. The first-order valence-electron chi connectivity index (χ1n) is 9.67. The first-order valence-corrected chi connectivity index (χ1v) is 9.67. The summed E-state index contributed by atoms with van der Waals surface area (Å²) in [4.78, 5) is 12.0. The summed E-state index contributed by atoms with van der Waals surface area (Å²) in [6.45, 7) is 10.3. The van der Waals surface area contributed by atoms with Crippen LogP contribution in [0.15, 0.2) is 12.2 Å². The van der Waals surface area contributed by atoms with E-state index in [2.05, 4.69) is 20.4 Å². The second-order valence-corrected chi connectivity index (χ2v) is 8.97. The third-order valence-electron chi connectivity index (χ3n) is 7.04. The molecule has 140 valence electrons. The van der Waals surface area contributed by atoms with Crippen molar-refractivity contribution in [3.05, 3.63) is 12.2 Å². The molecule has 8 atom stereocenters. The van der Waals surface area contributed by atoms with E-state index >= 15 is 0 Å². The van der Waals surface area contributed by atoms with E-state index in [0.29, 0.717) is 18.1 Å². The zero-order valence-corrected chi connectivity index (χ0v) is 15.5. The van der Waals surface area contributed by atoms with Crippen LogP contribution in [-0.4, -0.2) is 46.7 Å². The molecule has 0 spiro atoms. The highest BCUT2D eigenvalue weighted by molar-refractivity contribution is 5.90. The van der Waals surface area contributed by atoms with Gasteiger partial charge in [-0.15, -0.1) is 0 Å². The summed E-state index contributed by atoms with van der Waals surface area (Å²) in [6, 6.07) is 0. The third-order valence-corrected chi connectivity index (χ3v) is 7.04. The monoisotopic (exact) mass is 350 g/mol. The van der Waals surface area contributed by atoms with Crippen LogP contribution in [0.5, 0.6) is 0 Å². The molecule has 25 heavy (non-hydrogen) atoms. The second kappa shape index (κ2) is 5.80. The fourth-order valence-electron chi connectivity index (χ4n) is 4.82. The van der Waals surface area contributed by atoms with Gasteiger partial charge in [-0.2, -0.15) is 0 Å². The van der Waals surface area contributed by atoms with Gasteiger partial charge in [-0.05, 0) is 51.9 Å². The van der Waals surface area contributed by atoms with Crippen LogP contribution >= 0.6 is 0 Å². The number of hydrogen-bond acceptors (Lipinski definition) is 5. The van der Waals surface area contributed by atoms with Crippen molar-refractivity contribution in [2.75, 3.05) is 0 Å². The van der Waals surface area contributed by atoms with Gasteiger partial charge >= 0.3 is 5.97 Å². The number of aliphatic hydroxyl groups is 1. The molecule has 5 heteroatoms. The predicted octanol–water partition coefficient (Wildman–Crippen LogP) is 2.75. The van der Waals surface area contributed by atoms with Crippen LogP contribution in [0.3, 0.4) is 0 Å². The summed E-state index contributed by atoms with van der Waals surface area (Å²) in [5.74, 6) is -0.446. The fourth-order valence-corrected chi connectivity index (χ4v) is 4.82. The Hall–Kier alpha value is -0.910. The van der Waals surface area contributed by atoms with Crippen LogP contribution in [-0.2, 0) is 19.0 Å². The molecule has 3 aliphatic heterocycles. The molecule has 1 N–H and O–H groups in total. The van der Waals surface area contributed by atoms with E-state index in [4.69, 9.17) is 14.2 Å². The molecule has 0 radical (unpaired) electrons. The average molecular weight is 350 g/mol. The summed E-state index contributed by atoms with van der Waals surface area (Å²) in [5.41, 5.74) is 0.329. The number of hydrogen-bond donors (Lipinski definition) is 1. The van der Waals surface area contributed by atoms with Crippen molar-refractivity contribution in [3.63, 3.8) is 0 Å². The molecule has 5 nitrogen and oxygen atoms in total. The molecule has 3 heterocycles. The predicted molar refractivity (Wildman–Crippen MR) is 91.9 cm³/mol. The van der Waals surface area contributed by atoms with Crippen LogP contribution in [0.25, 0.3) is 0 Å². The Morgan fingerprint density at radius 1 is 1.12 bits per heavy atom. The molecule has 4 rings (SSSR count). The van der Waals surface area contributed by atoms with E-state index in [9.17, 15) is 9.90 Å². The molecule has 0 aromatic heterocycles. The zero-order chi connectivity index (χ0) is 18.0. The van der Waals surface area contributed by atoms with Crippen LogP contribution in [0.2, 0.25) is 0 Å². The largest absolute Gasteiger partial charge is 0.456 e. The third kappa shape index (κ3) is 3.04. The van der Waals surface area contributed by atoms with Gasteiger partial charge < -0.3 is 19.3 Å². The van der Waals surface area contributed by atoms with Crippen LogP contribution < -0.4 is 0 Å². The number of esters is 1. The number of epoxide rings is 2. The maximum absolute atomic E-state index is 12.0. The Labute approximate surface area is 149 Å². The quantitative estimate of drug-likeness (QED) is 0.413. The van der Waals surface area contributed by atoms with E-state index in [0.717, 1.165) is 32.1 Å². The Kier molecular flexibility index (Phi) is 4.06. The van der Waals surface area contributed by atoms with Gasteiger partial charge in [0.15, 0.2) is 0 Å². The molecule has 4 aliphatic rings. The SMILES string of the molecule is C=C1C(=O)O[C@H]2[C@@H](O)[C@H](C)CCC[C@]3(C)O[C@H]3CC[C@@]3(C)O[C@@H]3C[C@@H]12. The lowest BCUT2D eigenvalue weighted by Gasteiger charge is -2.28. The highest BCUT2D eigenvalue weighted by Gasteiger charge is 2.58. The van der Waals surface area contributed by atoms with E-state index < -0.39 is 12.2 Å². The average Bonchev–Trinajstić information content (AvgIpc) is 3.38. The highest BCUT2D eigenvalue weighted by atomic mass is 16.6. The summed E-state index contributed by atoms with van der Waals surface area (Å²) >= 11 is 0. The first-order chi connectivity index (χ1) is 11.7. The van der Waals surface area contributed by atoms with Crippen molar-refractivity contribution in [2.45, 2.75) is 94.9 Å². The molecule has 4 fully saturated rings. The van der Waals surface area contributed by atoms with E-state index in [1.54, 1.807) is 0 Å². The maximum Gasteiger partial charge on any atom is 0.334 e. The van der Waals surface area contributed by atoms with E-state index in [1.165, 1.54) is 0 Å². The molecule has 0 unspecified atom stereocenters. The van der Waals surface area contributed by atoms with Gasteiger partial charge in [-0.3, -0.25) is 0 Å². The van der Waals surface area contributed by atoms with Gasteiger partial charge in [0.05, 0.1) is 29.5 Å². The molecule has 0 aromatic carbocycles. The molecular weight excluding hydrogens is 320 g/mol.